The van der Waals surface area contributed by atoms with E-state index < -0.39 is 16.1 Å². The van der Waals surface area contributed by atoms with Gasteiger partial charge in [-0.25, -0.2) is 8.42 Å². The number of hydrogen-bond acceptors (Lipinski definition) is 3. The first-order chi connectivity index (χ1) is 14.4. The van der Waals surface area contributed by atoms with E-state index in [0.717, 1.165) is 33.2 Å². The third-order valence-corrected chi connectivity index (χ3v) is 6.69. The molecule has 5 nitrogen and oxygen atoms in total. The lowest BCUT2D eigenvalue weighted by Gasteiger charge is -2.20. The summed E-state index contributed by atoms with van der Waals surface area (Å²) in [7, 11) is -2.12. The zero-order chi connectivity index (χ0) is 21.3. The molecular weight excluding hydrogens is 396 g/mol. The number of methoxy groups -OCH3 is 1. The fraction of sp³-hybridized carbons (Fsp3) is 0.167. The first kappa shape index (κ1) is 20.2. The molecule has 0 spiro atoms. The van der Waals surface area contributed by atoms with Crippen molar-refractivity contribution >= 4 is 20.9 Å². The van der Waals surface area contributed by atoms with Gasteiger partial charge in [-0.2, -0.15) is 4.72 Å². The van der Waals surface area contributed by atoms with Gasteiger partial charge in [0.25, 0.3) is 0 Å². The Kier molecular flexibility index (Phi) is 5.37. The van der Waals surface area contributed by atoms with E-state index in [1.54, 1.807) is 31.4 Å². The third-order valence-electron chi connectivity index (χ3n) is 5.25. The molecule has 0 saturated heterocycles. The van der Waals surface area contributed by atoms with Gasteiger partial charge in [-0.05, 0) is 55.3 Å². The average Bonchev–Trinajstić information content (AvgIpc) is 3.16. The maximum atomic E-state index is 13.2. The van der Waals surface area contributed by atoms with Gasteiger partial charge in [0, 0.05) is 17.1 Å². The highest BCUT2D eigenvalue weighted by Crippen LogP contribution is 2.32. The van der Waals surface area contributed by atoms with Crippen LogP contribution in [0.3, 0.4) is 0 Å². The molecule has 2 N–H and O–H groups in total. The maximum absolute atomic E-state index is 13.2. The molecule has 0 aliphatic carbocycles. The van der Waals surface area contributed by atoms with Crippen molar-refractivity contribution in [3.05, 3.63) is 95.2 Å². The number of fused-ring (bicyclic) bond motifs is 1. The highest BCUT2D eigenvalue weighted by atomic mass is 32.2. The Bertz CT molecular complexity index is 1270. The van der Waals surface area contributed by atoms with Crippen LogP contribution in [-0.2, 0) is 10.0 Å². The highest BCUT2D eigenvalue weighted by Gasteiger charge is 2.25. The van der Waals surface area contributed by atoms with Crippen molar-refractivity contribution in [1.82, 2.24) is 9.71 Å². The lowest BCUT2D eigenvalue weighted by molar-refractivity contribution is 0.415. The fourth-order valence-electron chi connectivity index (χ4n) is 3.50. The van der Waals surface area contributed by atoms with Gasteiger partial charge in [0.1, 0.15) is 5.75 Å². The number of benzene rings is 3. The topological polar surface area (TPSA) is 71.2 Å². The van der Waals surface area contributed by atoms with Crippen LogP contribution in [-0.4, -0.2) is 20.5 Å². The summed E-state index contributed by atoms with van der Waals surface area (Å²) in [5.74, 6) is 0.715. The van der Waals surface area contributed by atoms with Crippen molar-refractivity contribution in [2.24, 2.45) is 0 Å². The molecule has 1 heterocycles. The van der Waals surface area contributed by atoms with E-state index in [1.165, 1.54) is 0 Å². The molecule has 30 heavy (non-hydrogen) atoms. The number of aromatic amines is 1. The van der Waals surface area contributed by atoms with Gasteiger partial charge >= 0.3 is 0 Å². The zero-order valence-electron chi connectivity index (χ0n) is 17.1. The average molecular weight is 421 g/mol. The van der Waals surface area contributed by atoms with Crippen LogP contribution in [0.2, 0.25) is 0 Å². The first-order valence-electron chi connectivity index (χ1n) is 9.68. The van der Waals surface area contributed by atoms with Gasteiger partial charge in [0.2, 0.25) is 10.0 Å². The molecule has 0 bridgehead atoms. The van der Waals surface area contributed by atoms with Gasteiger partial charge in [-0.1, -0.05) is 47.5 Å². The molecule has 1 aromatic heterocycles. The van der Waals surface area contributed by atoms with Crippen molar-refractivity contribution in [2.45, 2.75) is 24.8 Å². The number of hydrogen-bond donors (Lipinski definition) is 2. The maximum Gasteiger partial charge on any atom is 0.241 e. The molecular formula is C24H24N2O3S. The van der Waals surface area contributed by atoms with Gasteiger partial charge < -0.3 is 9.72 Å². The molecule has 0 unspecified atom stereocenters. The van der Waals surface area contributed by atoms with E-state index in [-0.39, 0.29) is 4.90 Å². The molecule has 0 saturated carbocycles. The van der Waals surface area contributed by atoms with Crippen LogP contribution < -0.4 is 9.46 Å². The molecule has 6 heteroatoms. The van der Waals surface area contributed by atoms with Gasteiger partial charge in [0.05, 0.1) is 18.0 Å². The van der Waals surface area contributed by atoms with Crippen LogP contribution >= 0.6 is 0 Å². The van der Waals surface area contributed by atoms with Crippen molar-refractivity contribution in [3.8, 4) is 5.75 Å². The minimum absolute atomic E-state index is 0.239. The molecule has 0 amide bonds. The lowest BCUT2D eigenvalue weighted by atomic mass is 9.98. The van der Waals surface area contributed by atoms with E-state index in [0.29, 0.717) is 5.75 Å². The summed E-state index contributed by atoms with van der Waals surface area (Å²) in [6.45, 7) is 3.93. The molecule has 1 atom stereocenters. The highest BCUT2D eigenvalue weighted by molar-refractivity contribution is 7.89. The van der Waals surface area contributed by atoms with Gasteiger partial charge in [-0.15, -0.1) is 0 Å². The quantitative estimate of drug-likeness (QED) is 0.468. The van der Waals surface area contributed by atoms with Crippen LogP contribution in [0, 0.1) is 13.8 Å². The minimum Gasteiger partial charge on any atom is -0.497 e. The van der Waals surface area contributed by atoms with Crippen molar-refractivity contribution in [3.63, 3.8) is 0 Å². The van der Waals surface area contributed by atoms with E-state index >= 15 is 0 Å². The van der Waals surface area contributed by atoms with Gasteiger partial charge in [0.15, 0.2) is 0 Å². The van der Waals surface area contributed by atoms with Crippen LogP contribution in [0.5, 0.6) is 5.75 Å². The van der Waals surface area contributed by atoms with E-state index in [1.807, 2.05) is 62.5 Å². The lowest BCUT2D eigenvalue weighted by Crippen LogP contribution is -2.29. The largest absolute Gasteiger partial charge is 0.497 e. The second-order valence-electron chi connectivity index (χ2n) is 7.43. The van der Waals surface area contributed by atoms with Crippen molar-refractivity contribution in [2.75, 3.05) is 7.11 Å². The SMILES string of the molecule is COc1ccc2[nH]cc([C@H](NS(=O)(=O)c3ccc(C)cc3)c3ccc(C)cc3)c2c1. The zero-order valence-corrected chi connectivity index (χ0v) is 18.0. The van der Waals surface area contributed by atoms with Crippen LogP contribution in [0.4, 0.5) is 0 Å². The summed E-state index contributed by atoms with van der Waals surface area (Å²) in [4.78, 5) is 3.48. The van der Waals surface area contributed by atoms with Crippen LogP contribution in [0.1, 0.15) is 28.3 Å². The molecule has 3 aromatic carbocycles. The number of ether oxygens (including phenoxy) is 1. The smallest absolute Gasteiger partial charge is 0.241 e. The van der Waals surface area contributed by atoms with Crippen molar-refractivity contribution in [1.29, 1.82) is 0 Å². The van der Waals surface area contributed by atoms with Gasteiger partial charge in [-0.3, -0.25) is 0 Å². The second-order valence-corrected chi connectivity index (χ2v) is 9.15. The third kappa shape index (κ3) is 3.97. The predicted molar refractivity (Wildman–Crippen MR) is 119 cm³/mol. The Labute approximate surface area is 176 Å². The summed E-state index contributed by atoms with van der Waals surface area (Å²) in [5.41, 5.74) is 4.73. The molecule has 4 aromatic rings. The normalized spacial score (nSPS) is 12.8. The predicted octanol–water partition coefficient (Wildman–Crippen LogP) is 4.86. The Balaban J connectivity index is 1.83. The summed E-state index contributed by atoms with van der Waals surface area (Å²) in [6, 6.07) is 19.9. The fourth-order valence-corrected chi connectivity index (χ4v) is 4.70. The number of nitrogens with one attached hydrogen (secondary N) is 2. The van der Waals surface area contributed by atoms with Crippen LogP contribution in [0.25, 0.3) is 10.9 Å². The van der Waals surface area contributed by atoms with E-state index in [4.69, 9.17) is 4.74 Å². The molecule has 4 rings (SSSR count). The molecule has 0 fully saturated rings. The summed E-state index contributed by atoms with van der Waals surface area (Å²) >= 11 is 0. The Hall–Kier alpha value is -3.09. The number of H-pyrrole nitrogens is 1. The molecule has 0 radical (unpaired) electrons. The summed E-state index contributed by atoms with van der Waals surface area (Å²) < 4.78 is 34.7. The molecule has 0 aliphatic heterocycles. The number of aryl methyl sites for hydroxylation is 2. The van der Waals surface area contributed by atoms with E-state index in [2.05, 4.69) is 9.71 Å². The Morgan fingerprint density at radius 1 is 0.900 bits per heavy atom. The second kappa shape index (κ2) is 7.97. The monoisotopic (exact) mass is 420 g/mol. The summed E-state index contributed by atoms with van der Waals surface area (Å²) in [5, 5.41) is 0.909. The van der Waals surface area contributed by atoms with Crippen molar-refractivity contribution < 1.29 is 13.2 Å². The number of rotatable bonds is 6. The Morgan fingerprint density at radius 2 is 1.53 bits per heavy atom. The first-order valence-corrected chi connectivity index (χ1v) is 11.2. The Morgan fingerprint density at radius 3 is 2.17 bits per heavy atom. The number of aromatic nitrogens is 1. The molecule has 0 aliphatic rings. The molecule has 154 valence electrons. The van der Waals surface area contributed by atoms with Crippen LogP contribution in [0.15, 0.2) is 77.8 Å². The minimum atomic E-state index is -3.74. The number of sulfonamides is 1. The van der Waals surface area contributed by atoms with E-state index in [9.17, 15) is 8.42 Å². The standard InChI is InChI=1S/C24H24N2O3S/c1-16-4-8-18(9-5-16)24(26-30(27,28)20-11-6-17(2)7-12-20)22-15-25-23-13-10-19(29-3)14-21(22)23/h4-15,24-26H,1-3H3/t24-/m1/s1. The summed E-state index contributed by atoms with van der Waals surface area (Å²) in [6.07, 6.45) is 1.85.